The minimum Gasteiger partial charge on any atom is -0.383 e. The zero-order chi connectivity index (χ0) is 17.2. The maximum absolute atomic E-state index is 12.7. The number of nitrogen functional groups attached to an aromatic ring is 1. The summed E-state index contributed by atoms with van der Waals surface area (Å²) in [7, 11) is 2.74. The van der Waals surface area contributed by atoms with Crippen LogP contribution in [0.15, 0.2) is 18.2 Å². The molecule has 0 aliphatic carbocycles. The van der Waals surface area contributed by atoms with Crippen molar-refractivity contribution in [3.8, 4) is 11.3 Å². The van der Waals surface area contributed by atoms with E-state index in [1.807, 2.05) is 0 Å². The molecule has 2 aromatic rings. The summed E-state index contributed by atoms with van der Waals surface area (Å²) in [6.07, 6.45) is -4.55. The largest absolute Gasteiger partial charge is 0.435 e. The molecule has 0 aliphatic rings. The molecule has 0 unspecified atom stereocenters. The molecule has 0 aromatic carbocycles. The second-order valence-corrected chi connectivity index (χ2v) is 4.65. The molecule has 2 aromatic heterocycles. The van der Waals surface area contributed by atoms with Crippen LogP contribution in [0, 0.1) is 0 Å². The Bertz CT molecular complexity index is 727. The number of hydrogen-bond acceptors (Lipinski definition) is 5. The van der Waals surface area contributed by atoms with Gasteiger partial charge in [-0.15, -0.1) is 0 Å². The Hall–Kier alpha value is -2.62. The average Bonchev–Trinajstić information content (AvgIpc) is 2.81. The van der Waals surface area contributed by atoms with Crippen LogP contribution in [0.5, 0.6) is 0 Å². The van der Waals surface area contributed by atoms with Gasteiger partial charge in [-0.05, 0) is 18.2 Å². The first-order valence-corrected chi connectivity index (χ1v) is 6.39. The van der Waals surface area contributed by atoms with Crippen LogP contribution in [-0.2, 0) is 22.8 Å². The number of nitrogens with two attached hydrogens (primary N) is 1. The SMILES string of the molecule is COCC(=O)Nc1ccc(-c2cc(C(F)(F)F)nn2C)c(N)n1. The molecule has 10 heteroatoms. The lowest BCUT2D eigenvalue weighted by Crippen LogP contribution is -2.18. The third-order valence-electron chi connectivity index (χ3n) is 2.91. The highest BCUT2D eigenvalue weighted by atomic mass is 19.4. The quantitative estimate of drug-likeness (QED) is 0.890. The Balaban J connectivity index is 2.31. The van der Waals surface area contributed by atoms with Crippen LogP contribution >= 0.6 is 0 Å². The molecular formula is C13H14F3N5O2. The maximum atomic E-state index is 12.7. The van der Waals surface area contributed by atoms with Gasteiger partial charge in [-0.1, -0.05) is 0 Å². The van der Waals surface area contributed by atoms with E-state index in [4.69, 9.17) is 5.73 Å². The lowest BCUT2D eigenvalue weighted by atomic mass is 10.1. The third kappa shape index (κ3) is 3.77. The monoisotopic (exact) mass is 329 g/mol. The molecule has 0 radical (unpaired) electrons. The van der Waals surface area contributed by atoms with Crippen molar-refractivity contribution in [3.63, 3.8) is 0 Å². The van der Waals surface area contributed by atoms with E-state index in [9.17, 15) is 18.0 Å². The number of halogens is 3. The van der Waals surface area contributed by atoms with Crippen molar-refractivity contribution in [2.45, 2.75) is 6.18 Å². The minimum absolute atomic E-state index is 0.0306. The van der Waals surface area contributed by atoms with Gasteiger partial charge in [0.25, 0.3) is 5.91 Å². The predicted octanol–water partition coefficient (Wildman–Crippen LogP) is 1.67. The number of rotatable bonds is 4. The van der Waals surface area contributed by atoms with E-state index < -0.39 is 17.8 Å². The molecule has 0 saturated heterocycles. The van der Waals surface area contributed by atoms with E-state index in [1.54, 1.807) is 0 Å². The highest BCUT2D eigenvalue weighted by Gasteiger charge is 2.34. The van der Waals surface area contributed by atoms with Crippen molar-refractivity contribution >= 4 is 17.5 Å². The van der Waals surface area contributed by atoms with Gasteiger partial charge in [0.05, 0.1) is 5.69 Å². The van der Waals surface area contributed by atoms with Gasteiger partial charge in [0, 0.05) is 19.7 Å². The molecule has 0 aliphatic heterocycles. The van der Waals surface area contributed by atoms with Crippen LogP contribution in [0.1, 0.15) is 5.69 Å². The summed E-state index contributed by atoms with van der Waals surface area (Å²) in [4.78, 5) is 15.3. The van der Waals surface area contributed by atoms with Crippen LogP contribution in [0.2, 0.25) is 0 Å². The molecule has 0 atom stereocenters. The Morgan fingerprint density at radius 3 is 2.65 bits per heavy atom. The molecule has 0 saturated carbocycles. The number of nitrogens with one attached hydrogen (secondary N) is 1. The van der Waals surface area contributed by atoms with Crippen molar-refractivity contribution in [2.75, 3.05) is 24.8 Å². The smallest absolute Gasteiger partial charge is 0.383 e. The lowest BCUT2D eigenvalue weighted by molar-refractivity contribution is -0.141. The molecule has 0 fully saturated rings. The van der Waals surface area contributed by atoms with Gasteiger partial charge < -0.3 is 15.8 Å². The standard InChI is InChI=1S/C13H14F3N5O2/c1-21-8(5-9(20-21)13(14,15)16)7-3-4-10(19-12(7)17)18-11(22)6-23-2/h3-5H,6H2,1-2H3,(H3,17,18,19,22). The first-order valence-electron chi connectivity index (χ1n) is 6.39. The number of hydrogen-bond donors (Lipinski definition) is 2. The Morgan fingerprint density at radius 2 is 2.13 bits per heavy atom. The number of alkyl halides is 3. The number of ether oxygens (including phenoxy) is 1. The van der Waals surface area contributed by atoms with Crippen LogP contribution in [-0.4, -0.2) is 34.4 Å². The molecule has 2 rings (SSSR count). The van der Waals surface area contributed by atoms with Gasteiger partial charge in [-0.2, -0.15) is 18.3 Å². The molecule has 124 valence electrons. The summed E-state index contributed by atoms with van der Waals surface area (Å²) in [5.74, 6) is -0.282. The second-order valence-electron chi connectivity index (χ2n) is 4.65. The number of pyridine rings is 1. The van der Waals surface area contributed by atoms with Crippen molar-refractivity contribution in [1.82, 2.24) is 14.8 Å². The molecular weight excluding hydrogens is 315 g/mol. The second kappa shape index (κ2) is 6.24. The highest BCUT2D eigenvalue weighted by Crippen LogP contribution is 2.33. The summed E-state index contributed by atoms with van der Waals surface area (Å²) < 4.78 is 43.8. The number of aryl methyl sites for hydroxylation is 1. The number of carbonyl (C=O) groups is 1. The maximum Gasteiger partial charge on any atom is 0.435 e. The molecule has 3 N–H and O–H groups in total. The molecule has 0 spiro atoms. The van der Waals surface area contributed by atoms with E-state index in [2.05, 4.69) is 20.1 Å². The molecule has 23 heavy (non-hydrogen) atoms. The Labute approximate surface area is 129 Å². The number of carbonyl (C=O) groups excluding carboxylic acids is 1. The Morgan fingerprint density at radius 1 is 1.43 bits per heavy atom. The Kier molecular flexibility index (Phi) is 4.55. The zero-order valence-corrected chi connectivity index (χ0v) is 12.3. The summed E-state index contributed by atoms with van der Waals surface area (Å²) >= 11 is 0. The number of nitrogens with zero attached hydrogens (tertiary/aromatic N) is 3. The summed E-state index contributed by atoms with van der Waals surface area (Å²) in [5, 5.41) is 5.87. The first kappa shape index (κ1) is 16.7. The topological polar surface area (TPSA) is 95.1 Å². The van der Waals surface area contributed by atoms with Crippen LogP contribution in [0.25, 0.3) is 11.3 Å². The van der Waals surface area contributed by atoms with E-state index in [0.29, 0.717) is 0 Å². The average molecular weight is 329 g/mol. The van der Waals surface area contributed by atoms with Gasteiger partial charge in [-0.25, -0.2) is 4.98 Å². The predicted molar refractivity (Wildman–Crippen MR) is 76.4 cm³/mol. The number of methoxy groups -OCH3 is 1. The molecule has 1 amide bonds. The van der Waals surface area contributed by atoms with Gasteiger partial charge in [0.2, 0.25) is 0 Å². The van der Waals surface area contributed by atoms with E-state index in [1.165, 1.54) is 26.3 Å². The lowest BCUT2D eigenvalue weighted by Gasteiger charge is -2.08. The van der Waals surface area contributed by atoms with E-state index in [0.717, 1.165) is 10.7 Å². The number of anilines is 2. The fraction of sp³-hybridized carbons (Fsp3) is 0.308. The highest BCUT2D eigenvalue weighted by molar-refractivity contribution is 5.91. The fourth-order valence-corrected chi connectivity index (χ4v) is 1.93. The van der Waals surface area contributed by atoms with Crippen LogP contribution in [0.3, 0.4) is 0 Å². The summed E-state index contributed by atoms with van der Waals surface area (Å²) in [6.45, 7) is -0.153. The van der Waals surface area contributed by atoms with Gasteiger partial charge in [0.1, 0.15) is 18.2 Å². The van der Waals surface area contributed by atoms with Gasteiger partial charge in [-0.3, -0.25) is 9.48 Å². The van der Waals surface area contributed by atoms with Crippen LogP contribution in [0.4, 0.5) is 24.8 Å². The molecule has 2 heterocycles. The normalized spacial score (nSPS) is 11.5. The van der Waals surface area contributed by atoms with Gasteiger partial charge in [0.15, 0.2) is 5.69 Å². The van der Waals surface area contributed by atoms with E-state index >= 15 is 0 Å². The molecule has 0 bridgehead atoms. The minimum atomic E-state index is -4.55. The van der Waals surface area contributed by atoms with Crippen molar-refractivity contribution in [2.24, 2.45) is 7.05 Å². The number of amides is 1. The van der Waals surface area contributed by atoms with Gasteiger partial charge >= 0.3 is 6.18 Å². The first-order chi connectivity index (χ1) is 10.7. The molecule has 7 nitrogen and oxygen atoms in total. The fourth-order valence-electron chi connectivity index (χ4n) is 1.93. The summed E-state index contributed by atoms with van der Waals surface area (Å²) in [6, 6.07) is 3.78. The van der Waals surface area contributed by atoms with E-state index in [-0.39, 0.29) is 29.5 Å². The number of aromatic nitrogens is 3. The van der Waals surface area contributed by atoms with Crippen LogP contribution < -0.4 is 11.1 Å². The van der Waals surface area contributed by atoms with Crippen molar-refractivity contribution in [1.29, 1.82) is 0 Å². The van der Waals surface area contributed by atoms with Crippen molar-refractivity contribution < 1.29 is 22.7 Å². The van der Waals surface area contributed by atoms with Crippen molar-refractivity contribution in [3.05, 3.63) is 23.9 Å². The summed E-state index contributed by atoms with van der Waals surface area (Å²) in [5.41, 5.74) is 5.19. The third-order valence-corrected chi connectivity index (χ3v) is 2.91. The zero-order valence-electron chi connectivity index (χ0n) is 12.3.